The van der Waals surface area contributed by atoms with Crippen LogP contribution in [0.4, 0.5) is 5.69 Å². The smallest absolute Gasteiger partial charge is 0.294 e. The highest BCUT2D eigenvalue weighted by molar-refractivity contribution is 9.10. The number of carbonyl (C=O) groups is 2. The largest absolute Gasteiger partial charge is 0.503 e. The second-order valence-electron chi connectivity index (χ2n) is 7.86. The van der Waals surface area contributed by atoms with Crippen LogP contribution in [-0.4, -0.2) is 16.8 Å². The molecule has 3 aromatic carbocycles. The van der Waals surface area contributed by atoms with Crippen LogP contribution >= 0.6 is 27.5 Å². The van der Waals surface area contributed by atoms with Crippen molar-refractivity contribution in [2.75, 3.05) is 4.90 Å². The van der Waals surface area contributed by atoms with Gasteiger partial charge in [-0.15, -0.1) is 0 Å². The Labute approximate surface area is 203 Å². The molecule has 164 valence electrons. The van der Waals surface area contributed by atoms with Crippen LogP contribution in [0.3, 0.4) is 0 Å². The van der Waals surface area contributed by atoms with E-state index in [0.29, 0.717) is 21.9 Å². The Kier molecular flexibility index (Phi) is 5.35. The van der Waals surface area contributed by atoms with Crippen molar-refractivity contribution in [1.82, 2.24) is 0 Å². The maximum atomic E-state index is 13.6. The number of amides is 1. The molecule has 0 spiro atoms. The Morgan fingerprint density at radius 3 is 2.61 bits per heavy atom. The van der Waals surface area contributed by atoms with Crippen LogP contribution in [0.15, 0.2) is 93.0 Å². The zero-order valence-corrected chi connectivity index (χ0v) is 19.7. The summed E-state index contributed by atoms with van der Waals surface area (Å²) in [6, 6.07) is 20.4. The van der Waals surface area contributed by atoms with Crippen molar-refractivity contribution in [3.05, 3.63) is 111 Å². The van der Waals surface area contributed by atoms with Crippen LogP contribution in [0.25, 0.3) is 11.0 Å². The second kappa shape index (κ2) is 8.21. The minimum Gasteiger partial charge on any atom is -0.503 e. The van der Waals surface area contributed by atoms with Gasteiger partial charge in [0.05, 0.1) is 11.6 Å². The molecular weight excluding hydrogens is 506 g/mol. The maximum Gasteiger partial charge on any atom is 0.294 e. The van der Waals surface area contributed by atoms with Gasteiger partial charge in [0, 0.05) is 20.6 Å². The average molecular weight is 523 g/mol. The van der Waals surface area contributed by atoms with E-state index in [1.165, 1.54) is 4.90 Å². The number of anilines is 1. The minimum absolute atomic E-state index is 0.0382. The molecule has 0 radical (unpaired) electrons. The zero-order chi connectivity index (χ0) is 23.3. The Balaban J connectivity index is 1.67. The molecular formula is C26H17BrClNO4. The van der Waals surface area contributed by atoms with E-state index < -0.39 is 23.5 Å². The molecule has 1 atom stereocenters. The summed E-state index contributed by atoms with van der Waals surface area (Å²) in [5.74, 6) is -1.79. The lowest BCUT2D eigenvalue weighted by Gasteiger charge is -2.27. The first kappa shape index (κ1) is 21.5. The van der Waals surface area contributed by atoms with Gasteiger partial charge in [-0.2, -0.15) is 0 Å². The van der Waals surface area contributed by atoms with Crippen molar-refractivity contribution in [3.63, 3.8) is 0 Å². The summed E-state index contributed by atoms with van der Waals surface area (Å²) in [6.45, 7) is 1.92. The molecule has 0 aliphatic carbocycles. The Morgan fingerprint density at radius 2 is 1.85 bits per heavy atom. The van der Waals surface area contributed by atoms with E-state index in [2.05, 4.69) is 15.9 Å². The summed E-state index contributed by atoms with van der Waals surface area (Å²) in [5.41, 5.74) is 2.61. The van der Waals surface area contributed by atoms with Gasteiger partial charge in [-0.25, -0.2) is 0 Å². The van der Waals surface area contributed by atoms with Crippen LogP contribution in [0, 0.1) is 6.92 Å². The molecule has 0 bridgehead atoms. The number of hydrogen-bond donors (Lipinski definition) is 1. The number of Topliss-reactive ketones (excluding diaryl/α,β-unsaturated/α-hetero) is 1. The molecule has 1 amide bonds. The number of aliphatic hydroxyl groups is 1. The van der Waals surface area contributed by atoms with E-state index in [1.54, 1.807) is 36.4 Å². The van der Waals surface area contributed by atoms with Gasteiger partial charge >= 0.3 is 0 Å². The summed E-state index contributed by atoms with van der Waals surface area (Å²) in [7, 11) is 0. The lowest BCUT2D eigenvalue weighted by Crippen LogP contribution is -2.31. The molecule has 4 aromatic rings. The van der Waals surface area contributed by atoms with Crippen molar-refractivity contribution in [1.29, 1.82) is 0 Å². The van der Waals surface area contributed by atoms with Crippen LogP contribution in [0.2, 0.25) is 5.02 Å². The molecule has 1 aliphatic heterocycles. The predicted molar refractivity (Wildman–Crippen MR) is 131 cm³/mol. The van der Waals surface area contributed by atoms with Crippen LogP contribution in [0.5, 0.6) is 0 Å². The number of rotatable bonds is 4. The summed E-state index contributed by atoms with van der Waals surface area (Å²) in [5, 5.41) is 12.1. The Morgan fingerprint density at radius 1 is 1.06 bits per heavy atom. The lowest BCUT2D eigenvalue weighted by atomic mass is 9.94. The number of nitrogens with zero attached hydrogens (tertiary/aromatic N) is 1. The fourth-order valence-corrected chi connectivity index (χ4v) is 4.71. The molecule has 2 heterocycles. The number of furan rings is 1. The zero-order valence-electron chi connectivity index (χ0n) is 17.4. The van der Waals surface area contributed by atoms with Gasteiger partial charge in [0.15, 0.2) is 11.5 Å². The Hall–Kier alpha value is -3.35. The molecule has 5 rings (SSSR count). The van der Waals surface area contributed by atoms with Crippen molar-refractivity contribution in [2.45, 2.75) is 13.0 Å². The average Bonchev–Trinajstić information content (AvgIpc) is 3.32. The topological polar surface area (TPSA) is 70.7 Å². The van der Waals surface area contributed by atoms with Gasteiger partial charge < -0.3 is 9.52 Å². The molecule has 0 saturated heterocycles. The van der Waals surface area contributed by atoms with Crippen LogP contribution < -0.4 is 4.90 Å². The number of aliphatic hydroxyl groups excluding tert-OH is 1. The number of benzene rings is 3. The number of aryl methyl sites for hydroxylation is 1. The monoisotopic (exact) mass is 521 g/mol. The van der Waals surface area contributed by atoms with Gasteiger partial charge in [0.25, 0.3) is 5.91 Å². The highest BCUT2D eigenvalue weighted by Gasteiger charge is 2.45. The third kappa shape index (κ3) is 3.75. The van der Waals surface area contributed by atoms with E-state index in [4.69, 9.17) is 16.0 Å². The van der Waals surface area contributed by atoms with E-state index in [1.807, 2.05) is 43.3 Å². The van der Waals surface area contributed by atoms with E-state index in [9.17, 15) is 14.7 Å². The fourth-order valence-electron chi connectivity index (χ4n) is 4.14. The third-order valence-corrected chi connectivity index (χ3v) is 6.33. The Bertz CT molecular complexity index is 1470. The lowest BCUT2D eigenvalue weighted by molar-refractivity contribution is -0.117. The van der Waals surface area contributed by atoms with Crippen LogP contribution in [-0.2, 0) is 4.79 Å². The summed E-state index contributed by atoms with van der Waals surface area (Å²) < 4.78 is 6.63. The number of ketones is 1. The predicted octanol–water partition coefficient (Wildman–Crippen LogP) is 6.94. The molecule has 1 aromatic heterocycles. The third-order valence-electron chi connectivity index (χ3n) is 5.60. The van der Waals surface area contributed by atoms with E-state index >= 15 is 0 Å². The van der Waals surface area contributed by atoms with Gasteiger partial charge in [0.2, 0.25) is 5.78 Å². The molecule has 5 nitrogen and oxygen atoms in total. The first-order valence-electron chi connectivity index (χ1n) is 10.2. The molecule has 0 saturated carbocycles. The number of halogens is 2. The van der Waals surface area contributed by atoms with Gasteiger partial charge in [-0.05, 0) is 55.0 Å². The van der Waals surface area contributed by atoms with Gasteiger partial charge in [-0.3, -0.25) is 14.5 Å². The molecule has 1 N–H and O–H groups in total. The summed E-state index contributed by atoms with van der Waals surface area (Å²) in [6.07, 6.45) is 0. The first-order chi connectivity index (χ1) is 15.8. The van der Waals surface area contributed by atoms with Gasteiger partial charge in [-0.1, -0.05) is 63.4 Å². The first-order valence-corrected chi connectivity index (χ1v) is 11.3. The number of carbonyl (C=O) groups excluding carboxylic acids is 2. The highest BCUT2D eigenvalue weighted by atomic mass is 79.9. The number of hydrogen-bond acceptors (Lipinski definition) is 4. The highest BCUT2D eigenvalue weighted by Crippen LogP contribution is 2.43. The van der Waals surface area contributed by atoms with Crippen molar-refractivity contribution >= 4 is 55.9 Å². The SMILES string of the molecule is Cc1cccc(C2C(C(=O)c3cc4cc(Br)ccc4o3)=C(O)C(=O)N2c2cccc(Cl)c2)c1. The quantitative estimate of drug-likeness (QED) is 0.295. The molecule has 33 heavy (non-hydrogen) atoms. The van der Waals surface area contributed by atoms with Crippen LogP contribution in [0.1, 0.15) is 27.7 Å². The van der Waals surface area contributed by atoms with Crippen molar-refractivity contribution in [2.24, 2.45) is 0 Å². The van der Waals surface area contributed by atoms with Gasteiger partial charge in [0.1, 0.15) is 5.58 Å². The normalized spacial score (nSPS) is 16.2. The maximum absolute atomic E-state index is 13.6. The van der Waals surface area contributed by atoms with Crippen molar-refractivity contribution in [3.8, 4) is 0 Å². The van der Waals surface area contributed by atoms with E-state index in [0.717, 1.165) is 15.4 Å². The fraction of sp³-hybridized carbons (Fsp3) is 0.0769. The molecule has 7 heteroatoms. The minimum atomic E-state index is -0.844. The summed E-state index contributed by atoms with van der Waals surface area (Å²) in [4.78, 5) is 28.3. The standard InChI is InChI=1S/C26H17BrClNO4/c1-14-4-2-5-15(10-14)23-22(24(30)21-12-16-11-17(27)8-9-20(16)33-21)25(31)26(32)29(23)19-7-3-6-18(28)13-19/h2-13,23,31H,1H3. The van der Waals surface area contributed by atoms with E-state index in [-0.39, 0.29) is 11.3 Å². The second-order valence-corrected chi connectivity index (χ2v) is 9.21. The molecule has 0 fully saturated rings. The molecule has 1 unspecified atom stereocenters. The summed E-state index contributed by atoms with van der Waals surface area (Å²) >= 11 is 9.59. The molecule has 1 aliphatic rings. The van der Waals surface area contributed by atoms with Crippen molar-refractivity contribution < 1.29 is 19.1 Å². The number of fused-ring (bicyclic) bond motifs is 1.